The average molecular weight is 523 g/mol. The van der Waals surface area contributed by atoms with Crippen LogP contribution in [0.5, 0.6) is 0 Å². The number of nitrogens with one attached hydrogen (secondary N) is 3. The predicted octanol–water partition coefficient (Wildman–Crippen LogP) is 6.92. The van der Waals surface area contributed by atoms with Gasteiger partial charge in [0.25, 0.3) is 5.91 Å². The summed E-state index contributed by atoms with van der Waals surface area (Å²) in [5.74, 6) is 0.646. The standard InChI is InChI=1S/C28H28Cl2N4O2/c1-16-13-17(7-10-21(16)28(36)31-19-5-3-2-4-6-19)26-33-24-12-9-20(15-25(24)34-26)32-27(35)18-8-11-22(29)23(30)14-18/h7-12,14-16,19H,2-6,13H2,1H3,(H,31,36)(H,32,35)(H,33,34). The molecule has 2 aliphatic rings. The Morgan fingerprint density at radius 2 is 1.78 bits per heavy atom. The number of fused-ring (bicyclic) bond motifs is 1. The van der Waals surface area contributed by atoms with Crippen LogP contribution >= 0.6 is 23.2 Å². The van der Waals surface area contributed by atoms with E-state index >= 15 is 0 Å². The smallest absolute Gasteiger partial charge is 0.255 e. The number of aromatic amines is 1. The van der Waals surface area contributed by atoms with Crippen molar-refractivity contribution in [1.82, 2.24) is 15.3 Å². The molecule has 2 amide bonds. The summed E-state index contributed by atoms with van der Waals surface area (Å²) < 4.78 is 0. The fourth-order valence-electron chi connectivity index (χ4n) is 4.93. The summed E-state index contributed by atoms with van der Waals surface area (Å²) in [6, 6.07) is 10.6. The van der Waals surface area contributed by atoms with Crippen LogP contribution in [-0.4, -0.2) is 27.8 Å². The van der Waals surface area contributed by atoms with Gasteiger partial charge in [-0.05, 0) is 67.2 Å². The number of carbonyl (C=O) groups excluding carboxylic acids is 2. The molecule has 2 aromatic carbocycles. The highest BCUT2D eigenvalue weighted by atomic mass is 35.5. The first-order valence-electron chi connectivity index (χ1n) is 12.4. The number of carbonyl (C=O) groups is 2. The Morgan fingerprint density at radius 1 is 0.972 bits per heavy atom. The highest BCUT2D eigenvalue weighted by Gasteiger charge is 2.25. The quantitative estimate of drug-likeness (QED) is 0.339. The van der Waals surface area contributed by atoms with Gasteiger partial charge in [-0.25, -0.2) is 4.98 Å². The highest BCUT2D eigenvalue weighted by Crippen LogP contribution is 2.32. The first-order chi connectivity index (χ1) is 17.4. The second-order valence-corrected chi connectivity index (χ2v) is 10.4. The van der Waals surface area contributed by atoms with E-state index in [2.05, 4.69) is 22.5 Å². The van der Waals surface area contributed by atoms with Crippen molar-refractivity contribution in [2.75, 3.05) is 5.32 Å². The van der Waals surface area contributed by atoms with E-state index in [1.165, 1.54) is 19.3 Å². The van der Waals surface area contributed by atoms with Gasteiger partial charge in [0.1, 0.15) is 5.82 Å². The maximum Gasteiger partial charge on any atom is 0.255 e. The van der Waals surface area contributed by atoms with Gasteiger partial charge in [-0.1, -0.05) is 61.5 Å². The van der Waals surface area contributed by atoms with Gasteiger partial charge >= 0.3 is 0 Å². The summed E-state index contributed by atoms with van der Waals surface area (Å²) in [7, 11) is 0. The van der Waals surface area contributed by atoms with Crippen molar-refractivity contribution in [1.29, 1.82) is 0 Å². The van der Waals surface area contributed by atoms with Crippen LogP contribution in [0.1, 0.15) is 61.6 Å². The maximum atomic E-state index is 12.8. The third-order valence-corrected chi connectivity index (χ3v) is 7.69. The Labute approximate surface area is 220 Å². The SMILES string of the molecule is CC1CC(c2nc3ccc(NC(=O)c4ccc(Cl)c(Cl)c4)cc3[nH]2)=CC=C1C(=O)NC1CCCCC1. The van der Waals surface area contributed by atoms with E-state index in [4.69, 9.17) is 28.2 Å². The fourth-order valence-corrected chi connectivity index (χ4v) is 5.23. The van der Waals surface area contributed by atoms with Gasteiger partial charge in [-0.3, -0.25) is 9.59 Å². The summed E-state index contributed by atoms with van der Waals surface area (Å²) >= 11 is 12.0. The van der Waals surface area contributed by atoms with Crippen molar-refractivity contribution in [2.24, 2.45) is 5.92 Å². The summed E-state index contributed by atoms with van der Waals surface area (Å²) in [6.07, 6.45) is 10.4. The zero-order valence-electron chi connectivity index (χ0n) is 20.0. The zero-order chi connectivity index (χ0) is 25.2. The van der Waals surface area contributed by atoms with Gasteiger partial charge in [0.15, 0.2) is 0 Å². The molecule has 0 bridgehead atoms. The van der Waals surface area contributed by atoms with Gasteiger partial charge in [-0.2, -0.15) is 0 Å². The molecule has 0 saturated heterocycles. The number of halogens is 2. The van der Waals surface area contributed by atoms with Crippen LogP contribution < -0.4 is 10.6 Å². The molecule has 1 aromatic heterocycles. The van der Waals surface area contributed by atoms with Gasteiger partial charge in [0.2, 0.25) is 5.91 Å². The highest BCUT2D eigenvalue weighted by molar-refractivity contribution is 6.42. The van der Waals surface area contributed by atoms with E-state index in [1.807, 2.05) is 30.4 Å². The molecular weight excluding hydrogens is 495 g/mol. The van der Waals surface area contributed by atoms with Gasteiger partial charge < -0.3 is 15.6 Å². The number of hydrogen-bond donors (Lipinski definition) is 3. The largest absolute Gasteiger partial charge is 0.350 e. The van der Waals surface area contributed by atoms with Crippen molar-refractivity contribution in [3.05, 3.63) is 75.6 Å². The second-order valence-electron chi connectivity index (χ2n) is 9.63. The number of H-pyrrole nitrogens is 1. The molecule has 1 unspecified atom stereocenters. The molecule has 8 heteroatoms. The van der Waals surface area contributed by atoms with E-state index in [1.54, 1.807) is 18.2 Å². The Balaban J connectivity index is 1.30. The Hall–Kier alpha value is -3.09. The van der Waals surface area contributed by atoms with E-state index in [0.29, 0.717) is 27.3 Å². The summed E-state index contributed by atoms with van der Waals surface area (Å²) in [5.41, 5.74) is 4.56. The topological polar surface area (TPSA) is 86.9 Å². The lowest BCUT2D eigenvalue weighted by Gasteiger charge is -2.26. The lowest BCUT2D eigenvalue weighted by Crippen LogP contribution is -2.38. The van der Waals surface area contributed by atoms with E-state index < -0.39 is 0 Å². The van der Waals surface area contributed by atoms with Crippen molar-refractivity contribution in [3.8, 4) is 0 Å². The second kappa shape index (κ2) is 10.5. The first-order valence-corrected chi connectivity index (χ1v) is 13.1. The van der Waals surface area contributed by atoms with Crippen LogP contribution in [0.2, 0.25) is 10.0 Å². The summed E-state index contributed by atoms with van der Waals surface area (Å²) in [5, 5.41) is 6.84. The third-order valence-electron chi connectivity index (χ3n) is 6.95. The molecule has 1 heterocycles. The Morgan fingerprint density at radius 3 is 2.53 bits per heavy atom. The van der Waals surface area contributed by atoms with Crippen LogP contribution in [0.4, 0.5) is 5.69 Å². The maximum absolute atomic E-state index is 12.8. The molecule has 36 heavy (non-hydrogen) atoms. The van der Waals surface area contributed by atoms with E-state index in [0.717, 1.165) is 47.3 Å². The molecule has 2 aliphatic carbocycles. The predicted molar refractivity (Wildman–Crippen MR) is 145 cm³/mol. The van der Waals surface area contributed by atoms with Crippen LogP contribution in [-0.2, 0) is 4.79 Å². The van der Waals surface area contributed by atoms with Gasteiger partial charge in [-0.15, -0.1) is 0 Å². The van der Waals surface area contributed by atoms with Gasteiger partial charge in [0, 0.05) is 22.9 Å². The normalized spacial score (nSPS) is 18.5. The third kappa shape index (κ3) is 5.35. The molecular formula is C28H28Cl2N4O2. The van der Waals surface area contributed by atoms with Crippen molar-refractivity contribution in [2.45, 2.75) is 51.5 Å². The minimum Gasteiger partial charge on any atom is -0.350 e. The minimum absolute atomic E-state index is 0.0525. The monoisotopic (exact) mass is 522 g/mol. The summed E-state index contributed by atoms with van der Waals surface area (Å²) in [4.78, 5) is 33.6. The van der Waals surface area contributed by atoms with Crippen molar-refractivity contribution < 1.29 is 9.59 Å². The van der Waals surface area contributed by atoms with Gasteiger partial charge in [0.05, 0.1) is 21.1 Å². The average Bonchev–Trinajstić information content (AvgIpc) is 3.29. The molecule has 3 N–H and O–H groups in total. The molecule has 0 aliphatic heterocycles. The Kier molecular flexibility index (Phi) is 7.17. The zero-order valence-corrected chi connectivity index (χ0v) is 21.5. The number of hydrogen-bond acceptors (Lipinski definition) is 3. The molecule has 3 aromatic rings. The number of benzene rings is 2. The number of rotatable bonds is 5. The molecule has 1 atom stereocenters. The molecule has 1 fully saturated rings. The molecule has 5 rings (SSSR count). The van der Waals surface area contributed by atoms with Crippen LogP contribution in [0, 0.1) is 5.92 Å². The lowest BCUT2D eigenvalue weighted by atomic mass is 9.87. The first kappa shape index (κ1) is 24.6. The van der Waals surface area contributed by atoms with E-state index in [9.17, 15) is 9.59 Å². The fraction of sp³-hybridized carbons (Fsp3) is 0.321. The number of nitrogens with zero attached hydrogens (tertiary/aromatic N) is 1. The molecule has 0 radical (unpaired) electrons. The molecule has 0 spiro atoms. The molecule has 1 saturated carbocycles. The molecule has 186 valence electrons. The number of amides is 2. The lowest BCUT2D eigenvalue weighted by molar-refractivity contribution is -0.118. The van der Waals surface area contributed by atoms with Crippen LogP contribution in [0.3, 0.4) is 0 Å². The van der Waals surface area contributed by atoms with Crippen molar-refractivity contribution >= 4 is 57.3 Å². The van der Waals surface area contributed by atoms with Crippen molar-refractivity contribution in [3.63, 3.8) is 0 Å². The molecule has 6 nitrogen and oxygen atoms in total. The van der Waals surface area contributed by atoms with Crippen LogP contribution in [0.25, 0.3) is 16.6 Å². The minimum atomic E-state index is -0.277. The Bertz CT molecular complexity index is 1390. The number of anilines is 1. The number of allylic oxidation sites excluding steroid dienone is 3. The summed E-state index contributed by atoms with van der Waals surface area (Å²) in [6.45, 7) is 2.08. The van der Waals surface area contributed by atoms with Crippen LogP contribution in [0.15, 0.2) is 54.1 Å². The number of aromatic nitrogens is 2. The number of imidazole rings is 1. The van der Waals surface area contributed by atoms with E-state index in [-0.39, 0.29) is 17.7 Å².